The van der Waals surface area contributed by atoms with Crippen LogP contribution in [-0.2, 0) is 6.54 Å². The Bertz CT molecular complexity index is 603. The molecule has 2 aromatic rings. The van der Waals surface area contributed by atoms with Crippen LogP contribution in [0.3, 0.4) is 0 Å². The number of nitrogens with zero attached hydrogens (tertiary/aromatic N) is 2. The van der Waals surface area contributed by atoms with Crippen molar-refractivity contribution in [1.82, 2.24) is 9.88 Å². The molecule has 1 unspecified atom stereocenters. The lowest BCUT2D eigenvalue weighted by Gasteiger charge is -2.23. The number of hydrogen-bond donors (Lipinski definition) is 1. The van der Waals surface area contributed by atoms with Gasteiger partial charge in [0.1, 0.15) is 17.6 Å². The minimum Gasteiger partial charge on any atom is -0.444 e. The molecule has 1 atom stereocenters. The molecule has 18 heavy (non-hydrogen) atoms. The van der Waals surface area contributed by atoms with Crippen molar-refractivity contribution >= 4 is 5.84 Å². The smallest absolute Gasteiger partial charge is 0.216 e. The first kappa shape index (κ1) is 11.0. The number of oxazole rings is 1. The van der Waals surface area contributed by atoms with E-state index in [0.29, 0.717) is 11.7 Å². The van der Waals surface area contributed by atoms with Gasteiger partial charge in [-0.25, -0.2) is 4.98 Å². The van der Waals surface area contributed by atoms with Crippen molar-refractivity contribution in [2.75, 3.05) is 0 Å². The highest BCUT2D eigenvalue weighted by Crippen LogP contribution is 2.30. The number of hydrogen-bond acceptors (Lipinski definition) is 3. The third kappa shape index (κ3) is 1.61. The van der Waals surface area contributed by atoms with Gasteiger partial charge in [-0.1, -0.05) is 24.3 Å². The van der Waals surface area contributed by atoms with Crippen LogP contribution in [0.1, 0.15) is 35.7 Å². The summed E-state index contributed by atoms with van der Waals surface area (Å²) >= 11 is 0. The average molecular weight is 241 g/mol. The van der Waals surface area contributed by atoms with E-state index in [1.54, 1.807) is 6.20 Å². The molecule has 0 aliphatic carbocycles. The summed E-state index contributed by atoms with van der Waals surface area (Å²) < 4.78 is 5.56. The monoisotopic (exact) mass is 241 g/mol. The van der Waals surface area contributed by atoms with Gasteiger partial charge in [0.25, 0.3) is 0 Å². The first-order chi connectivity index (χ1) is 8.66. The SMILES string of the molecule is Cc1cnc(C(C)N2Cc3ccccc3C2=N)o1. The van der Waals surface area contributed by atoms with Crippen LogP contribution in [0.15, 0.2) is 34.9 Å². The van der Waals surface area contributed by atoms with Crippen molar-refractivity contribution in [2.45, 2.75) is 26.4 Å². The van der Waals surface area contributed by atoms with E-state index in [0.717, 1.165) is 17.9 Å². The molecule has 1 N–H and O–H groups in total. The second-order valence-electron chi connectivity index (χ2n) is 4.62. The first-order valence-electron chi connectivity index (χ1n) is 6.02. The summed E-state index contributed by atoms with van der Waals surface area (Å²) in [4.78, 5) is 6.26. The molecule has 0 saturated carbocycles. The van der Waals surface area contributed by atoms with E-state index in [-0.39, 0.29) is 6.04 Å². The minimum absolute atomic E-state index is 0.0152. The summed E-state index contributed by atoms with van der Waals surface area (Å²) in [6.07, 6.45) is 1.72. The molecule has 92 valence electrons. The molecule has 1 aromatic heterocycles. The molecule has 1 aromatic carbocycles. The standard InChI is InChI=1S/C14H15N3O/c1-9-7-16-14(18-9)10(2)17-8-11-5-3-4-6-12(11)13(17)15/h3-7,10,15H,8H2,1-2H3. The van der Waals surface area contributed by atoms with E-state index in [1.165, 1.54) is 5.56 Å². The van der Waals surface area contributed by atoms with Gasteiger partial charge < -0.3 is 9.32 Å². The summed E-state index contributed by atoms with van der Waals surface area (Å²) in [5.74, 6) is 2.03. The van der Waals surface area contributed by atoms with Gasteiger partial charge in [0.15, 0.2) is 0 Å². The van der Waals surface area contributed by atoms with Crippen LogP contribution in [0, 0.1) is 12.3 Å². The molecule has 0 saturated heterocycles. The van der Waals surface area contributed by atoms with E-state index in [1.807, 2.05) is 36.9 Å². The minimum atomic E-state index is -0.0152. The maximum atomic E-state index is 8.23. The van der Waals surface area contributed by atoms with Crippen LogP contribution < -0.4 is 0 Å². The zero-order valence-corrected chi connectivity index (χ0v) is 10.5. The lowest BCUT2D eigenvalue weighted by molar-refractivity contribution is 0.282. The highest BCUT2D eigenvalue weighted by atomic mass is 16.4. The Morgan fingerprint density at radius 2 is 2.17 bits per heavy atom. The second-order valence-corrected chi connectivity index (χ2v) is 4.62. The molecular formula is C14H15N3O. The predicted molar refractivity (Wildman–Crippen MR) is 68.5 cm³/mol. The molecule has 1 aliphatic rings. The van der Waals surface area contributed by atoms with Crippen molar-refractivity contribution < 1.29 is 4.42 Å². The molecule has 4 nitrogen and oxygen atoms in total. The van der Waals surface area contributed by atoms with Crippen molar-refractivity contribution in [3.05, 3.63) is 53.2 Å². The summed E-state index contributed by atoms with van der Waals surface area (Å²) in [5, 5.41) is 8.23. The molecule has 0 spiro atoms. The second kappa shape index (κ2) is 3.98. The largest absolute Gasteiger partial charge is 0.444 e. The van der Waals surface area contributed by atoms with E-state index < -0.39 is 0 Å². The highest BCUT2D eigenvalue weighted by molar-refractivity contribution is 6.00. The summed E-state index contributed by atoms with van der Waals surface area (Å²) in [7, 11) is 0. The van der Waals surface area contributed by atoms with Crippen molar-refractivity contribution in [2.24, 2.45) is 0 Å². The Morgan fingerprint density at radius 1 is 1.39 bits per heavy atom. The van der Waals surface area contributed by atoms with E-state index in [4.69, 9.17) is 9.83 Å². The Morgan fingerprint density at radius 3 is 2.83 bits per heavy atom. The van der Waals surface area contributed by atoms with Crippen LogP contribution in [0.2, 0.25) is 0 Å². The molecule has 0 radical (unpaired) electrons. The molecule has 4 heteroatoms. The van der Waals surface area contributed by atoms with Crippen LogP contribution >= 0.6 is 0 Å². The van der Waals surface area contributed by atoms with Crippen LogP contribution in [0.5, 0.6) is 0 Å². The lowest BCUT2D eigenvalue weighted by atomic mass is 10.1. The van der Waals surface area contributed by atoms with Gasteiger partial charge in [-0.15, -0.1) is 0 Å². The topological polar surface area (TPSA) is 53.1 Å². The normalized spacial score (nSPS) is 15.9. The van der Waals surface area contributed by atoms with E-state index in [9.17, 15) is 0 Å². The first-order valence-corrected chi connectivity index (χ1v) is 6.02. The van der Waals surface area contributed by atoms with Crippen LogP contribution in [0.25, 0.3) is 0 Å². The van der Waals surface area contributed by atoms with Gasteiger partial charge in [-0.3, -0.25) is 5.41 Å². The molecule has 0 bridgehead atoms. The van der Waals surface area contributed by atoms with Crippen molar-refractivity contribution in [3.8, 4) is 0 Å². The fourth-order valence-corrected chi connectivity index (χ4v) is 2.34. The molecule has 3 rings (SSSR count). The predicted octanol–water partition coefficient (Wildman–Crippen LogP) is 2.89. The number of fused-ring (bicyclic) bond motifs is 1. The molecule has 0 fully saturated rings. The number of rotatable bonds is 2. The zero-order chi connectivity index (χ0) is 12.7. The van der Waals surface area contributed by atoms with Gasteiger partial charge >= 0.3 is 0 Å². The Labute approximate surface area is 106 Å². The summed E-state index contributed by atoms with van der Waals surface area (Å²) in [6, 6.07) is 8.02. The number of nitrogens with one attached hydrogen (secondary N) is 1. The maximum absolute atomic E-state index is 8.23. The van der Waals surface area contributed by atoms with Crippen molar-refractivity contribution in [1.29, 1.82) is 5.41 Å². The maximum Gasteiger partial charge on any atom is 0.216 e. The van der Waals surface area contributed by atoms with Crippen molar-refractivity contribution in [3.63, 3.8) is 0 Å². The summed E-state index contributed by atoms with van der Waals surface area (Å²) in [5.41, 5.74) is 2.20. The van der Waals surface area contributed by atoms with E-state index >= 15 is 0 Å². The summed E-state index contributed by atoms with van der Waals surface area (Å²) in [6.45, 7) is 4.65. The van der Waals surface area contributed by atoms with Gasteiger partial charge in [0.2, 0.25) is 5.89 Å². The molecule has 1 aliphatic heterocycles. The third-order valence-electron chi connectivity index (χ3n) is 3.36. The number of benzene rings is 1. The van der Waals surface area contributed by atoms with Crippen LogP contribution in [0.4, 0.5) is 0 Å². The molecule has 2 heterocycles. The van der Waals surface area contributed by atoms with Gasteiger partial charge in [-0.2, -0.15) is 0 Å². The zero-order valence-electron chi connectivity index (χ0n) is 10.5. The quantitative estimate of drug-likeness (QED) is 0.879. The van der Waals surface area contributed by atoms with Gasteiger partial charge in [0.05, 0.1) is 6.20 Å². The number of aryl methyl sites for hydroxylation is 1. The Hall–Kier alpha value is -2.10. The highest BCUT2D eigenvalue weighted by Gasteiger charge is 2.30. The Kier molecular flexibility index (Phi) is 2.44. The molecule has 0 amide bonds. The number of aromatic nitrogens is 1. The van der Waals surface area contributed by atoms with Gasteiger partial charge in [-0.05, 0) is 19.4 Å². The fourth-order valence-electron chi connectivity index (χ4n) is 2.34. The van der Waals surface area contributed by atoms with E-state index in [2.05, 4.69) is 11.1 Å². The van der Waals surface area contributed by atoms with Crippen LogP contribution in [-0.4, -0.2) is 15.7 Å². The third-order valence-corrected chi connectivity index (χ3v) is 3.36. The molecular weight excluding hydrogens is 226 g/mol. The number of amidine groups is 1. The lowest BCUT2D eigenvalue weighted by Crippen LogP contribution is -2.27. The fraction of sp³-hybridized carbons (Fsp3) is 0.286. The Balaban J connectivity index is 1.90. The average Bonchev–Trinajstić information content (AvgIpc) is 2.94. The van der Waals surface area contributed by atoms with Gasteiger partial charge in [0, 0.05) is 12.1 Å².